The van der Waals surface area contributed by atoms with Gasteiger partial charge in [-0.3, -0.25) is 14.9 Å². The minimum Gasteiger partial charge on any atom is -0.507 e. The Morgan fingerprint density at radius 1 is 1.05 bits per heavy atom. The van der Waals surface area contributed by atoms with E-state index in [1.165, 1.54) is 25.3 Å². The number of imide groups is 1. The lowest BCUT2D eigenvalue weighted by molar-refractivity contribution is 0.0848. The van der Waals surface area contributed by atoms with Crippen LogP contribution < -0.4 is 10.1 Å². The van der Waals surface area contributed by atoms with E-state index in [4.69, 9.17) is 4.74 Å². The number of rotatable bonds is 3. The first kappa shape index (κ1) is 13.6. The van der Waals surface area contributed by atoms with Crippen LogP contribution in [0.25, 0.3) is 0 Å². The fourth-order valence-corrected chi connectivity index (χ4v) is 1.66. The summed E-state index contributed by atoms with van der Waals surface area (Å²) in [6.07, 6.45) is 0. The Hall–Kier alpha value is -2.82. The normalized spacial score (nSPS) is 9.85. The van der Waals surface area contributed by atoms with Crippen LogP contribution in [0.2, 0.25) is 0 Å². The third-order valence-electron chi connectivity index (χ3n) is 2.71. The molecule has 2 aromatic carbocycles. The van der Waals surface area contributed by atoms with Crippen molar-refractivity contribution in [2.45, 2.75) is 0 Å². The van der Waals surface area contributed by atoms with Crippen molar-refractivity contribution in [3.05, 3.63) is 59.7 Å². The second kappa shape index (κ2) is 5.88. The number of methoxy groups -OCH3 is 1. The summed E-state index contributed by atoms with van der Waals surface area (Å²) >= 11 is 0. The van der Waals surface area contributed by atoms with Crippen molar-refractivity contribution in [2.75, 3.05) is 7.11 Å². The molecule has 0 radical (unpaired) electrons. The third kappa shape index (κ3) is 2.95. The van der Waals surface area contributed by atoms with Crippen LogP contribution in [-0.4, -0.2) is 24.0 Å². The summed E-state index contributed by atoms with van der Waals surface area (Å²) in [6, 6.07) is 12.6. The molecule has 0 bridgehead atoms. The lowest BCUT2D eigenvalue weighted by Crippen LogP contribution is -2.30. The number of carbonyl (C=O) groups is 2. The number of ether oxygens (including phenoxy) is 1. The second-order valence-corrected chi connectivity index (χ2v) is 4.03. The highest BCUT2D eigenvalue weighted by Crippen LogP contribution is 2.23. The molecule has 20 heavy (non-hydrogen) atoms. The third-order valence-corrected chi connectivity index (χ3v) is 2.71. The Bertz CT molecular complexity index is 638. The molecule has 0 heterocycles. The molecule has 0 aromatic heterocycles. The van der Waals surface area contributed by atoms with Crippen molar-refractivity contribution < 1.29 is 19.4 Å². The lowest BCUT2D eigenvalue weighted by Gasteiger charge is -2.07. The molecule has 0 fully saturated rings. The highest BCUT2D eigenvalue weighted by molar-refractivity contribution is 6.11. The van der Waals surface area contributed by atoms with Gasteiger partial charge in [0.25, 0.3) is 11.8 Å². The molecule has 2 amide bonds. The van der Waals surface area contributed by atoms with E-state index >= 15 is 0 Å². The van der Waals surface area contributed by atoms with Gasteiger partial charge in [-0.25, -0.2) is 0 Å². The molecular weight excluding hydrogens is 258 g/mol. The first-order valence-corrected chi connectivity index (χ1v) is 5.89. The summed E-state index contributed by atoms with van der Waals surface area (Å²) < 4.78 is 4.92. The van der Waals surface area contributed by atoms with Crippen LogP contribution in [0.3, 0.4) is 0 Å². The lowest BCUT2D eigenvalue weighted by atomic mass is 10.1. The van der Waals surface area contributed by atoms with Gasteiger partial charge in [-0.1, -0.05) is 18.2 Å². The molecule has 0 unspecified atom stereocenters. The summed E-state index contributed by atoms with van der Waals surface area (Å²) in [7, 11) is 1.45. The fourth-order valence-electron chi connectivity index (χ4n) is 1.66. The number of hydrogen-bond acceptors (Lipinski definition) is 4. The molecule has 0 spiro atoms. The van der Waals surface area contributed by atoms with Crippen LogP contribution in [0.15, 0.2) is 48.5 Å². The number of benzene rings is 2. The molecule has 0 aliphatic carbocycles. The van der Waals surface area contributed by atoms with Gasteiger partial charge in [0.05, 0.1) is 12.7 Å². The predicted octanol–water partition coefficient (Wildman–Crippen LogP) is 1.97. The Balaban J connectivity index is 2.15. The van der Waals surface area contributed by atoms with E-state index in [0.29, 0.717) is 11.3 Å². The number of aromatic hydroxyl groups is 1. The molecule has 5 heteroatoms. The molecule has 0 saturated carbocycles. The summed E-state index contributed by atoms with van der Waals surface area (Å²) in [5.74, 6) is -1.01. The fraction of sp³-hybridized carbons (Fsp3) is 0.0667. The largest absolute Gasteiger partial charge is 0.507 e. The molecule has 0 aliphatic rings. The van der Waals surface area contributed by atoms with Crippen molar-refractivity contribution in [1.29, 1.82) is 0 Å². The van der Waals surface area contributed by atoms with Gasteiger partial charge in [0, 0.05) is 11.6 Å². The van der Waals surface area contributed by atoms with Crippen LogP contribution >= 0.6 is 0 Å². The zero-order chi connectivity index (χ0) is 14.5. The van der Waals surface area contributed by atoms with Crippen LogP contribution in [0, 0.1) is 0 Å². The standard InChI is InChI=1S/C15H13NO4/c1-20-11-7-8-12(13(17)9-11)15(19)16-14(18)10-5-3-2-4-6-10/h2-9,17H,1H3,(H,16,18,19). The molecular formula is C15H13NO4. The number of hydrogen-bond donors (Lipinski definition) is 2. The van der Waals surface area contributed by atoms with Crippen molar-refractivity contribution >= 4 is 11.8 Å². The van der Waals surface area contributed by atoms with Gasteiger partial charge < -0.3 is 9.84 Å². The van der Waals surface area contributed by atoms with Crippen LogP contribution in [-0.2, 0) is 0 Å². The van der Waals surface area contributed by atoms with E-state index in [-0.39, 0.29) is 11.3 Å². The minimum absolute atomic E-state index is 0.00933. The number of phenols is 1. The van der Waals surface area contributed by atoms with E-state index in [1.807, 2.05) is 0 Å². The van der Waals surface area contributed by atoms with Gasteiger partial charge in [0.2, 0.25) is 0 Å². The average Bonchev–Trinajstić information content (AvgIpc) is 2.47. The molecule has 102 valence electrons. The van der Waals surface area contributed by atoms with Crippen LogP contribution in [0.5, 0.6) is 11.5 Å². The quantitative estimate of drug-likeness (QED) is 0.837. The van der Waals surface area contributed by atoms with E-state index in [9.17, 15) is 14.7 Å². The highest BCUT2D eigenvalue weighted by Gasteiger charge is 2.15. The summed E-state index contributed by atoms with van der Waals surface area (Å²) in [6.45, 7) is 0. The molecule has 2 rings (SSSR count). The zero-order valence-electron chi connectivity index (χ0n) is 10.8. The zero-order valence-corrected chi connectivity index (χ0v) is 10.8. The molecule has 2 aromatic rings. The Labute approximate surface area is 115 Å². The smallest absolute Gasteiger partial charge is 0.261 e. The van der Waals surface area contributed by atoms with Crippen molar-refractivity contribution in [3.63, 3.8) is 0 Å². The number of carbonyl (C=O) groups excluding carboxylic acids is 2. The maximum atomic E-state index is 11.9. The Morgan fingerprint density at radius 2 is 1.75 bits per heavy atom. The first-order valence-electron chi connectivity index (χ1n) is 5.89. The maximum Gasteiger partial charge on any atom is 0.261 e. The van der Waals surface area contributed by atoms with Gasteiger partial charge in [0.1, 0.15) is 11.5 Å². The molecule has 5 nitrogen and oxygen atoms in total. The van der Waals surface area contributed by atoms with Gasteiger partial charge in [0.15, 0.2) is 0 Å². The molecule has 0 saturated heterocycles. The minimum atomic E-state index is -0.668. The van der Waals surface area contributed by atoms with Gasteiger partial charge in [-0.05, 0) is 24.3 Å². The van der Waals surface area contributed by atoms with Gasteiger partial charge >= 0.3 is 0 Å². The molecule has 2 N–H and O–H groups in total. The topological polar surface area (TPSA) is 75.6 Å². The Morgan fingerprint density at radius 3 is 2.35 bits per heavy atom. The van der Waals surface area contributed by atoms with Gasteiger partial charge in [-0.15, -0.1) is 0 Å². The molecule has 0 aliphatic heterocycles. The van der Waals surface area contributed by atoms with Crippen molar-refractivity contribution in [2.24, 2.45) is 0 Å². The van der Waals surface area contributed by atoms with Gasteiger partial charge in [-0.2, -0.15) is 0 Å². The van der Waals surface area contributed by atoms with E-state index in [2.05, 4.69) is 5.32 Å². The van der Waals surface area contributed by atoms with E-state index in [0.717, 1.165) is 0 Å². The number of amides is 2. The van der Waals surface area contributed by atoms with E-state index < -0.39 is 11.8 Å². The van der Waals surface area contributed by atoms with Crippen LogP contribution in [0.4, 0.5) is 0 Å². The highest BCUT2D eigenvalue weighted by atomic mass is 16.5. The van der Waals surface area contributed by atoms with E-state index in [1.54, 1.807) is 30.3 Å². The molecule has 0 atom stereocenters. The Kier molecular flexibility index (Phi) is 4.00. The van der Waals surface area contributed by atoms with Crippen LogP contribution in [0.1, 0.15) is 20.7 Å². The average molecular weight is 271 g/mol. The SMILES string of the molecule is COc1ccc(C(=O)NC(=O)c2ccccc2)c(O)c1. The maximum absolute atomic E-state index is 11.9. The van der Waals surface area contributed by atoms with Crippen molar-refractivity contribution in [3.8, 4) is 11.5 Å². The summed E-state index contributed by atoms with van der Waals surface area (Å²) in [5, 5.41) is 11.9. The monoisotopic (exact) mass is 271 g/mol. The predicted molar refractivity (Wildman–Crippen MR) is 72.9 cm³/mol. The summed E-state index contributed by atoms with van der Waals surface area (Å²) in [5.41, 5.74) is 0.379. The number of nitrogens with one attached hydrogen (secondary N) is 1. The first-order chi connectivity index (χ1) is 9.61. The number of phenolic OH excluding ortho intramolecular Hbond substituents is 1. The van der Waals surface area contributed by atoms with Crippen molar-refractivity contribution in [1.82, 2.24) is 5.32 Å². The summed E-state index contributed by atoms with van der Waals surface area (Å²) in [4.78, 5) is 23.7. The second-order valence-electron chi connectivity index (χ2n) is 4.03.